The summed E-state index contributed by atoms with van der Waals surface area (Å²) in [4.78, 5) is 2.65. The van der Waals surface area contributed by atoms with E-state index in [1.54, 1.807) is 0 Å². The molecule has 1 N–H and O–H groups in total. The lowest BCUT2D eigenvalue weighted by molar-refractivity contribution is 0.134. The molecule has 1 fully saturated rings. The molecular formula is C17H27NO. The van der Waals surface area contributed by atoms with E-state index in [0.717, 1.165) is 18.9 Å². The Balaban J connectivity index is 1.78. The summed E-state index contributed by atoms with van der Waals surface area (Å²) in [5, 5.41) is 8.90. The number of rotatable bonds is 7. The van der Waals surface area contributed by atoms with E-state index in [9.17, 15) is 0 Å². The smallest absolute Gasteiger partial charge is 0.0431 e. The summed E-state index contributed by atoms with van der Waals surface area (Å²) in [5.74, 6) is 0. The normalized spacial score (nSPS) is 20.6. The highest BCUT2D eigenvalue weighted by atomic mass is 16.2. The van der Waals surface area contributed by atoms with E-state index in [1.807, 2.05) is 0 Å². The molecule has 0 aliphatic carbocycles. The van der Waals surface area contributed by atoms with Crippen molar-refractivity contribution in [3.8, 4) is 0 Å². The standard InChI is InChI=1S/C17H27NO/c19-15-7-6-14-18-13-5-4-10-17(18)12-11-16-8-2-1-3-9-16/h1-3,8-9,17,19H,4-7,10-15H2. The molecule has 2 rings (SSSR count). The first-order valence-corrected chi connectivity index (χ1v) is 7.79. The molecule has 1 heterocycles. The Morgan fingerprint density at radius 1 is 1.11 bits per heavy atom. The molecule has 1 aromatic rings. The zero-order valence-electron chi connectivity index (χ0n) is 11.9. The van der Waals surface area contributed by atoms with Gasteiger partial charge in [-0.15, -0.1) is 0 Å². The summed E-state index contributed by atoms with van der Waals surface area (Å²) < 4.78 is 0. The molecular weight excluding hydrogens is 234 g/mol. The molecule has 1 aliphatic heterocycles. The first-order chi connectivity index (χ1) is 9.40. The summed E-state index contributed by atoms with van der Waals surface area (Å²) in [6.45, 7) is 2.76. The average molecular weight is 261 g/mol. The van der Waals surface area contributed by atoms with E-state index >= 15 is 0 Å². The van der Waals surface area contributed by atoms with Crippen LogP contribution in [-0.2, 0) is 6.42 Å². The van der Waals surface area contributed by atoms with Gasteiger partial charge in [0, 0.05) is 12.6 Å². The molecule has 0 spiro atoms. The van der Waals surface area contributed by atoms with Gasteiger partial charge in [0.05, 0.1) is 0 Å². The van der Waals surface area contributed by atoms with Crippen molar-refractivity contribution in [1.29, 1.82) is 0 Å². The molecule has 19 heavy (non-hydrogen) atoms. The number of hydrogen-bond acceptors (Lipinski definition) is 2. The Kier molecular flexibility index (Phi) is 6.38. The lowest BCUT2D eigenvalue weighted by Crippen LogP contribution is -2.40. The van der Waals surface area contributed by atoms with Crippen LogP contribution in [0.5, 0.6) is 0 Å². The zero-order valence-corrected chi connectivity index (χ0v) is 11.9. The van der Waals surface area contributed by atoms with Gasteiger partial charge in [0.25, 0.3) is 0 Å². The van der Waals surface area contributed by atoms with Gasteiger partial charge in [-0.25, -0.2) is 0 Å². The second-order valence-corrected chi connectivity index (χ2v) is 5.64. The quantitative estimate of drug-likeness (QED) is 0.762. The third kappa shape index (κ3) is 4.96. The fraction of sp³-hybridized carbons (Fsp3) is 0.647. The van der Waals surface area contributed by atoms with Crippen molar-refractivity contribution < 1.29 is 5.11 Å². The van der Waals surface area contributed by atoms with Crippen LogP contribution in [0.25, 0.3) is 0 Å². The number of aryl methyl sites for hydroxylation is 1. The van der Waals surface area contributed by atoms with E-state index in [-0.39, 0.29) is 0 Å². The number of likely N-dealkylation sites (tertiary alicyclic amines) is 1. The summed E-state index contributed by atoms with van der Waals surface area (Å²) in [6.07, 6.45) is 8.65. The average Bonchev–Trinajstić information content (AvgIpc) is 2.48. The van der Waals surface area contributed by atoms with Crippen molar-refractivity contribution in [1.82, 2.24) is 4.90 Å². The first kappa shape index (κ1) is 14.5. The molecule has 1 aliphatic rings. The maximum absolute atomic E-state index is 8.90. The highest BCUT2D eigenvalue weighted by Gasteiger charge is 2.21. The fourth-order valence-electron chi connectivity index (χ4n) is 3.09. The number of unbranched alkanes of at least 4 members (excludes halogenated alkanes) is 1. The second kappa shape index (κ2) is 8.34. The van der Waals surface area contributed by atoms with Crippen molar-refractivity contribution in [2.75, 3.05) is 19.7 Å². The van der Waals surface area contributed by atoms with Gasteiger partial charge in [-0.1, -0.05) is 36.8 Å². The van der Waals surface area contributed by atoms with Crippen LogP contribution in [0.15, 0.2) is 30.3 Å². The molecule has 0 radical (unpaired) electrons. The summed E-state index contributed by atoms with van der Waals surface area (Å²) in [5.41, 5.74) is 1.46. The van der Waals surface area contributed by atoms with Crippen molar-refractivity contribution in [2.45, 2.75) is 51.0 Å². The lowest BCUT2D eigenvalue weighted by Gasteiger charge is -2.36. The first-order valence-electron chi connectivity index (χ1n) is 7.79. The minimum absolute atomic E-state index is 0.336. The molecule has 1 atom stereocenters. The van der Waals surface area contributed by atoms with Gasteiger partial charge in [0.15, 0.2) is 0 Å². The predicted molar refractivity (Wildman–Crippen MR) is 80.3 cm³/mol. The molecule has 1 aromatic carbocycles. The number of nitrogens with zero attached hydrogens (tertiary/aromatic N) is 1. The lowest BCUT2D eigenvalue weighted by atomic mass is 9.95. The second-order valence-electron chi connectivity index (χ2n) is 5.64. The maximum Gasteiger partial charge on any atom is 0.0431 e. The van der Waals surface area contributed by atoms with E-state index < -0.39 is 0 Å². The summed E-state index contributed by atoms with van der Waals surface area (Å²) in [6, 6.07) is 11.6. The summed E-state index contributed by atoms with van der Waals surface area (Å²) >= 11 is 0. The molecule has 0 bridgehead atoms. The van der Waals surface area contributed by atoms with E-state index in [1.165, 1.54) is 50.8 Å². The van der Waals surface area contributed by atoms with Crippen molar-refractivity contribution in [3.63, 3.8) is 0 Å². The molecule has 0 saturated carbocycles. The molecule has 1 saturated heterocycles. The fourth-order valence-corrected chi connectivity index (χ4v) is 3.09. The van der Waals surface area contributed by atoms with Crippen LogP contribution >= 0.6 is 0 Å². The minimum atomic E-state index is 0.336. The maximum atomic E-state index is 8.90. The van der Waals surface area contributed by atoms with Gasteiger partial charge >= 0.3 is 0 Å². The summed E-state index contributed by atoms with van der Waals surface area (Å²) in [7, 11) is 0. The van der Waals surface area contributed by atoms with Crippen molar-refractivity contribution >= 4 is 0 Å². The third-order valence-corrected chi connectivity index (χ3v) is 4.21. The van der Waals surface area contributed by atoms with Crippen LogP contribution in [0, 0.1) is 0 Å². The van der Waals surface area contributed by atoms with Crippen molar-refractivity contribution in [3.05, 3.63) is 35.9 Å². The van der Waals surface area contributed by atoms with Crippen LogP contribution in [0.2, 0.25) is 0 Å². The molecule has 106 valence electrons. The topological polar surface area (TPSA) is 23.5 Å². The number of aliphatic hydroxyl groups excluding tert-OH is 1. The van der Waals surface area contributed by atoms with Gasteiger partial charge in [-0.05, 0) is 57.2 Å². The highest BCUT2D eigenvalue weighted by molar-refractivity contribution is 5.14. The van der Waals surface area contributed by atoms with Gasteiger partial charge in [-0.3, -0.25) is 0 Å². The Labute approximate surface area is 117 Å². The molecule has 2 heteroatoms. The molecule has 0 amide bonds. The van der Waals surface area contributed by atoms with Crippen LogP contribution < -0.4 is 0 Å². The van der Waals surface area contributed by atoms with Gasteiger partial charge < -0.3 is 10.0 Å². The van der Waals surface area contributed by atoms with E-state index in [2.05, 4.69) is 35.2 Å². The Morgan fingerprint density at radius 3 is 2.74 bits per heavy atom. The van der Waals surface area contributed by atoms with E-state index in [0.29, 0.717) is 6.61 Å². The molecule has 0 aromatic heterocycles. The van der Waals surface area contributed by atoms with Crippen LogP contribution in [-0.4, -0.2) is 35.7 Å². The Hall–Kier alpha value is -0.860. The van der Waals surface area contributed by atoms with Gasteiger partial charge in [0.2, 0.25) is 0 Å². The Bertz CT molecular complexity index is 338. The van der Waals surface area contributed by atoms with Gasteiger partial charge in [0.1, 0.15) is 0 Å². The number of hydrogen-bond donors (Lipinski definition) is 1. The predicted octanol–water partition coefficient (Wildman–Crippen LogP) is 3.25. The van der Waals surface area contributed by atoms with Crippen LogP contribution in [0.3, 0.4) is 0 Å². The number of piperidine rings is 1. The monoisotopic (exact) mass is 261 g/mol. The van der Waals surface area contributed by atoms with Gasteiger partial charge in [-0.2, -0.15) is 0 Å². The van der Waals surface area contributed by atoms with Crippen LogP contribution in [0.1, 0.15) is 44.1 Å². The largest absolute Gasteiger partial charge is 0.396 e. The molecule has 1 unspecified atom stereocenters. The zero-order chi connectivity index (χ0) is 13.3. The highest BCUT2D eigenvalue weighted by Crippen LogP contribution is 2.21. The SMILES string of the molecule is OCCCCN1CCCCC1CCc1ccccc1. The van der Waals surface area contributed by atoms with Crippen LogP contribution in [0.4, 0.5) is 0 Å². The Morgan fingerprint density at radius 2 is 1.95 bits per heavy atom. The minimum Gasteiger partial charge on any atom is -0.396 e. The van der Waals surface area contributed by atoms with Crippen molar-refractivity contribution in [2.24, 2.45) is 0 Å². The third-order valence-electron chi connectivity index (χ3n) is 4.21. The number of benzene rings is 1. The van der Waals surface area contributed by atoms with E-state index in [4.69, 9.17) is 5.11 Å². The molecule has 2 nitrogen and oxygen atoms in total. The number of aliphatic hydroxyl groups is 1.